The molecule has 3 N–H and O–H groups in total. The van der Waals surface area contributed by atoms with Crippen molar-refractivity contribution in [2.75, 3.05) is 6.61 Å². The van der Waals surface area contributed by atoms with Gasteiger partial charge in [0.15, 0.2) is 23.0 Å². The molecule has 0 saturated carbocycles. The number of hydrogen-bond donors (Lipinski definition) is 2. The first-order chi connectivity index (χ1) is 10.2. The monoisotopic (exact) mass is 291 g/mol. The van der Waals surface area contributed by atoms with Crippen LogP contribution >= 0.6 is 0 Å². The summed E-state index contributed by atoms with van der Waals surface area (Å²) in [5, 5.41) is 3.59. The average molecular weight is 291 g/mol. The van der Waals surface area contributed by atoms with E-state index in [0.29, 0.717) is 23.9 Å². The van der Waals surface area contributed by atoms with Crippen molar-refractivity contribution in [3.05, 3.63) is 41.8 Å². The minimum absolute atomic E-state index is 0.103. The van der Waals surface area contributed by atoms with Crippen molar-refractivity contribution in [1.82, 2.24) is 10.6 Å². The summed E-state index contributed by atoms with van der Waals surface area (Å²) >= 11 is 0. The quantitative estimate of drug-likeness (QED) is 0.457. The van der Waals surface area contributed by atoms with Gasteiger partial charge >= 0.3 is 0 Å². The summed E-state index contributed by atoms with van der Waals surface area (Å²) in [6, 6.07) is 8.82. The van der Waals surface area contributed by atoms with Crippen molar-refractivity contribution in [3.63, 3.8) is 0 Å². The molecular weight excluding hydrogens is 274 g/mol. The fraction of sp³-hybridized carbons (Fsp3) is 0.286. The molecule has 1 amide bonds. The van der Waals surface area contributed by atoms with Crippen LogP contribution in [0.4, 0.5) is 0 Å². The second-order valence-electron chi connectivity index (χ2n) is 4.24. The summed E-state index contributed by atoms with van der Waals surface area (Å²) < 4.78 is 16.2. The van der Waals surface area contributed by atoms with Crippen LogP contribution in [0.3, 0.4) is 0 Å². The van der Waals surface area contributed by atoms with E-state index in [0.717, 1.165) is 6.42 Å². The Balaban J connectivity index is 1.99. The molecule has 0 spiro atoms. The lowest BCUT2D eigenvalue weighted by Gasteiger charge is -2.10. The maximum absolute atomic E-state index is 11.3. The van der Waals surface area contributed by atoms with E-state index < -0.39 is 5.91 Å². The molecule has 2 aromatic rings. The first-order valence-electron chi connectivity index (χ1n) is 6.55. The predicted octanol–water partition coefficient (Wildman–Crippen LogP) is 1.65. The standard InChI is InChI=1S/C14H17N3O4/c1-2-7-19-12-5-3-4-6-13(12)20-9-10-8-11(17-21-10)14(18)16-15/h3-6,8H,2,7,9,15H2,1H3,(H,16,18). The van der Waals surface area contributed by atoms with E-state index in [1.807, 2.05) is 30.5 Å². The molecule has 0 aliphatic rings. The molecule has 1 aromatic carbocycles. The molecule has 1 aromatic heterocycles. The lowest BCUT2D eigenvalue weighted by atomic mass is 10.3. The Morgan fingerprint density at radius 3 is 2.71 bits per heavy atom. The molecule has 7 heteroatoms. The largest absolute Gasteiger partial charge is 0.490 e. The van der Waals surface area contributed by atoms with Crippen LogP contribution in [0.1, 0.15) is 29.6 Å². The highest BCUT2D eigenvalue weighted by atomic mass is 16.5. The summed E-state index contributed by atoms with van der Waals surface area (Å²) in [5.74, 6) is 6.18. The second kappa shape index (κ2) is 7.30. The average Bonchev–Trinajstić information content (AvgIpc) is 3.00. The molecule has 0 bridgehead atoms. The second-order valence-corrected chi connectivity index (χ2v) is 4.24. The van der Waals surface area contributed by atoms with E-state index in [-0.39, 0.29) is 12.3 Å². The lowest BCUT2D eigenvalue weighted by molar-refractivity contribution is 0.0944. The van der Waals surface area contributed by atoms with Gasteiger partial charge in [-0.05, 0) is 18.6 Å². The van der Waals surface area contributed by atoms with E-state index in [2.05, 4.69) is 5.16 Å². The first-order valence-corrected chi connectivity index (χ1v) is 6.55. The van der Waals surface area contributed by atoms with Crippen LogP contribution in [0.5, 0.6) is 11.5 Å². The molecular formula is C14H17N3O4. The number of hydrazine groups is 1. The topological polar surface area (TPSA) is 99.6 Å². The number of nitrogens with one attached hydrogen (secondary N) is 1. The van der Waals surface area contributed by atoms with Gasteiger partial charge in [-0.15, -0.1) is 0 Å². The highest BCUT2D eigenvalue weighted by molar-refractivity contribution is 5.91. The van der Waals surface area contributed by atoms with Gasteiger partial charge in [-0.25, -0.2) is 5.84 Å². The Labute approximate surface area is 122 Å². The number of para-hydroxylation sites is 2. The minimum atomic E-state index is -0.517. The Morgan fingerprint density at radius 1 is 1.33 bits per heavy atom. The molecule has 0 unspecified atom stereocenters. The Hall–Kier alpha value is -2.54. The van der Waals surface area contributed by atoms with E-state index in [9.17, 15) is 4.79 Å². The molecule has 21 heavy (non-hydrogen) atoms. The molecule has 0 saturated heterocycles. The first kappa shape index (κ1) is 14.9. The van der Waals surface area contributed by atoms with Crippen LogP contribution in [0, 0.1) is 0 Å². The third kappa shape index (κ3) is 3.96. The summed E-state index contributed by atoms with van der Waals surface area (Å²) in [6.07, 6.45) is 0.911. The van der Waals surface area contributed by atoms with Crippen LogP contribution < -0.4 is 20.7 Å². The summed E-state index contributed by atoms with van der Waals surface area (Å²) in [6.45, 7) is 2.78. The third-order valence-corrected chi connectivity index (χ3v) is 2.60. The van der Waals surface area contributed by atoms with Gasteiger partial charge in [0.1, 0.15) is 6.61 Å². The zero-order valence-corrected chi connectivity index (χ0v) is 11.7. The van der Waals surface area contributed by atoms with Crippen LogP contribution in [0.15, 0.2) is 34.9 Å². The van der Waals surface area contributed by atoms with E-state index in [4.69, 9.17) is 19.8 Å². The number of rotatable bonds is 7. The maximum Gasteiger partial charge on any atom is 0.287 e. The lowest BCUT2D eigenvalue weighted by Crippen LogP contribution is -2.30. The van der Waals surface area contributed by atoms with Gasteiger partial charge in [-0.3, -0.25) is 10.2 Å². The van der Waals surface area contributed by atoms with Crippen LogP contribution in [-0.2, 0) is 6.61 Å². The molecule has 0 radical (unpaired) electrons. The van der Waals surface area contributed by atoms with Gasteiger partial charge in [-0.2, -0.15) is 0 Å². The van der Waals surface area contributed by atoms with Crippen molar-refractivity contribution in [1.29, 1.82) is 0 Å². The number of hydrogen-bond acceptors (Lipinski definition) is 6. The molecule has 112 valence electrons. The van der Waals surface area contributed by atoms with E-state index in [1.165, 1.54) is 6.07 Å². The predicted molar refractivity (Wildman–Crippen MR) is 74.7 cm³/mol. The Kier molecular flexibility index (Phi) is 5.16. The molecule has 7 nitrogen and oxygen atoms in total. The molecule has 1 heterocycles. The number of carbonyl (C=O) groups is 1. The van der Waals surface area contributed by atoms with Gasteiger partial charge in [-0.1, -0.05) is 24.2 Å². The molecule has 0 atom stereocenters. The van der Waals surface area contributed by atoms with Gasteiger partial charge < -0.3 is 14.0 Å². The van der Waals surface area contributed by atoms with Crippen LogP contribution in [0.2, 0.25) is 0 Å². The van der Waals surface area contributed by atoms with Crippen LogP contribution in [0.25, 0.3) is 0 Å². The highest BCUT2D eigenvalue weighted by Crippen LogP contribution is 2.27. The smallest absolute Gasteiger partial charge is 0.287 e. The SMILES string of the molecule is CCCOc1ccccc1OCc1cc(C(=O)NN)no1. The minimum Gasteiger partial charge on any atom is -0.490 e. The number of amides is 1. The highest BCUT2D eigenvalue weighted by Gasteiger charge is 2.12. The third-order valence-electron chi connectivity index (χ3n) is 2.60. The summed E-state index contributed by atoms with van der Waals surface area (Å²) in [5.41, 5.74) is 2.08. The van der Waals surface area contributed by atoms with Crippen molar-refractivity contribution >= 4 is 5.91 Å². The number of nitrogen functional groups attached to an aromatic ring is 1. The summed E-state index contributed by atoms with van der Waals surface area (Å²) in [7, 11) is 0. The fourth-order valence-corrected chi connectivity index (χ4v) is 1.61. The molecule has 0 aliphatic carbocycles. The molecule has 2 rings (SSSR count). The number of nitrogens with zero attached hydrogens (tertiary/aromatic N) is 1. The van der Waals surface area contributed by atoms with Gasteiger partial charge in [0.25, 0.3) is 5.91 Å². The number of benzene rings is 1. The van der Waals surface area contributed by atoms with Crippen molar-refractivity contribution < 1.29 is 18.8 Å². The zero-order valence-electron chi connectivity index (χ0n) is 11.7. The molecule has 0 fully saturated rings. The van der Waals surface area contributed by atoms with E-state index in [1.54, 1.807) is 6.07 Å². The van der Waals surface area contributed by atoms with E-state index >= 15 is 0 Å². The van der Waals surface area contributed by atoms with Crippen molar-refractivity contribution in [3.8, 4) is 11.5 Å². The maximum atomic E-state index is 11.3. The fourth-order valence-electron chi connectivity index (χ4n) is 1.61. The number of ether oxygens (including phenoxy) is 2. The van der Waals surface area contributed by atoms with Gasteiger partial charge in [0.2, 0.25) is 0 Å². The van der Waals surface area contributed by atoms with Gasteiger partial charge in [0, 0.05) is 6.07 Å². The zero-order chi connectivity index (χ0) is 15.1. The normalized spacial score (nSPS) is 10.2. The number of nitrogens with two attached hydrogens (primary N) is 1. The molecule has 0 aliphatic heterocycles. The van der Waals surface area contributed by atoms with Crippen molar-refractivity contribution in [2.45, 2.75) is 20.0 Å². The number of aromatic nitrogens is 1. The van der Waals surface area contributed by atoms with Gasteiger partial charge in [0.05, 0.1) is 6.61 Å². The summed E-state index contributed by atoms with van der Waals surface area (Å²) in [4.78, 5) is 11.3. The van der Waals surface area contributed by atoms with Crippen LogP contribution in [-0.4, -0.2) is 17.7 Å². The Morgan fingerprint density at radius 2 is 2.05 bits per heavy atom. The Bertz CT molecular complexity index is 597. The number of carbonyl (C=O) groups excluding carboxylic acids is 1. The van der Waals surface area contributed by atoms with Crippen molar-refractivity contribution in [2.24, 2.45) is 5.84 Å².